The average Bonchev–Trinajstić information content (AvgIpc) is 2.71. The summed E-state index contributed by atoms with van der Waals surface area (Å²) >= 11 is 12.3. The number of thiocarbonyl (C=S) groups is 1. The van der Waals surface area contributed by atoms with Gasteiger partial charge in [0.25, 0.3) is 5.91 Å². The minimum absolute atomic E-state index is 0.0694. The minimum atomic E-state index is -0.0839. The Hall–Kier alpha value is -1.66. The van der Waals surface area contributed by atoms with E-state index in [0.29, 0.717) is 21.3 Å². The van der Waals surface area contributed by atoms with Crippen LogP contribution in [0.3, 0.4) is 0 Å². The molecule has 2 rings (SSSR count). The maximum Gasteiger partial charge on any atom is 0.373 e. The highest BCUT2D eigenvalue weighted by Crippen LogP contribution is 2.34. The molecule has 0 unspecified atom stereocenters. The summed E-state index contributed by atoms with van der Waals surface area (Å²) in [5.41, 5.74) is 1.45. The lowest BCUT2D eigenvalue weighted by molar-refractivity contribution is -0.191. The summed E-state index contributed by atoms with van der Waals surface area (Å²) in [6.07, 6.45) is 1.99. The smallest absolute Gasteiger partial charge is 0.373 e. The fourth-order valence-electron chi connectivity index (χ4n) is 1.77. The number of carbonyl (C=O) groups is 1. The van der Waals surface area contributed by atoms with Gasteiger partial charge < -0.3 is 5.11 Å². The third kappa shape index (κ3) is 4.18. The number of carbonyl (C=O) groups excluding carboxylic acids is 3. The molecule has 22 heavy (non-hydrogen) atoms. The summed E-state index contributed by atoms with van der Waals surface area (Å²) in [6, 6.07) is 3.40. The summed E-state index contributed by atoms with van der Waals surface area (Å²) < 4.78 is 0.570. The number of benzene rings is 1. The van der Waals surface area contributed by atoms with Crippen molar-refractivity contribution in [2.75, 3.05) is 6.54 Å². The Labute approximate surface area is 141 Å². The second kappa shape index (κ2) is 8.10. The Bertz CT molecular complexity index is 658. The average molecular weight is 358 g/mol. The summed E-state index contributed by atoms with van der Waals surface area (Å²) in [4.78, 5) is 30.4. The summed E-state index contributed by atoms with van der Waals surface area (Å²) in [6.45, 7) is 4.21. The molecule has 1 aliphatic rings. The molecule has 1 N–H and O–H groups in total. The van der Waals surface area contributed by atoms with E-state index in [2.05, 4.69) is 0 Å². The van der Waals surface area contributed by atoms with Crippen molar-refractivity contribution >= 4 is 58.0 Å². The number of hydrogen-bond donors (Lipinski definition) is 1. The number of amides is 1. The summed E-state index contributed by atoms with van der Waals surface area (Å²) in [5, 5.41) is 9.89. The maximum atomic E-state index is 12.1. The van der Waals surface area contributed by atoms with E-state index >= 15 is 0 Å². The number of hydrogen-bond acceptors (Lipinski definition) is 6. The van der Waals surface area contributed by atoms with E-state index < -0.39 is 0 Å². The van der Waals surface area contributed by atoms with Gasteiger partial charge in [-0.2, -0.15) is 9.59 Å². The maximum absolute atomic E-state index is 12.1. The Morgan fingerprint density at radius 2 is 2.05 bits per heavy atom. The number of halogens is 1. The van der Waals surface area contributed by atoms with Crippen LogP contribution < -0.4 is 0 Å². The molecule has 116 valence electrons. The van der Waals surface area contributed by atoms with Crippen LogP contribution in [0.15, 0.2) is 17.0 Å². The van der Waals surface area contributed by atoms with Crippen molar-refractivity contribution in [3.63, 3.8) is 0 Å². The zero-order valence-corrected chi connectivity index (χ0v) is 14.1. The van der Waals surface area contributed by atoms with Crippen LogP contribution in [0.2, 0.25) is 5.02 Å². The first-order valence-electron chi connectivity index (χ1n) is 6.09. The normalized spacial score (nSPS) is 15.6. The van der Waals surface area contributed by atoms with Crippen molar-refractivity contribution in [3.8, 4) is 5.75 Å². The van der Waals surface area contributed by atoms with Gasteiger partial charge in [0.05, 0.1) is 9.93 Å². The van der Waals surface area contributed by atoms with E-state index in [4.69, 9.17) is 33.4 Å². The van der Waals surface area contributed by atoms with E-state index in [1.807, 2.05) is 6.92 Å². The molecule has 0 spiro atoms. The Morgan fingerprint density at radius 1 is 1.45 bits per heavy atom. The molecule has 1 fully saturated rings. The molecule has 0 saturated carbocycles. The second-order valence-corrected chi connectivity index (χ2v) is 6.26. The highest BCUT2D eigenvalue weighted by Gasteiger charge is 2.30. The van der Waals surface area contributed by atoms with Crippen LogP contribution in [-0.4, -0.2) is 32.9 Å². The molecule has 0 atom stereocenters. The standard InChI is InChI=1S/C13H12ClNO2S2.CO2/c1-3-15-12(17)10(19-13(15)18)6-8-4-7(2)11(16)9(14)5-8;2-1-3/h4-6,16H,3H2,1-2H3;/b10-6-;. The van der Waals surface area contributed by atoms with Gasteiger partial charge in [-0.15, -0.1) is 0 Å². The van der Waals surface area contributed by atoms with E-state index in [1.165, 1.54) is 11.8 Å². The second-order valence-electron chi connectivity index (χ2n) is 4.18. The van der Waals surface area contributed by atoms with Gasteiger partial charge >= 0.3 is 6.15 Å². The third-order valence-electron chi connectivity index (χ3n) is 2.76. The molecule has 5 nitrogen and oxygen atoms in total. The number of phenolic OH excluding ortho intramolecular Hbond substituents is 1. The molecule has 0 aliphatic carbocycles. The van der Waals surface area contributed by atoms with Gasteiger partial charge in [0.15, 0.2) is 0 Å². The van der Waals surface area contributed by atoms with E-state index in [-0.39, 0.29) is 22.8 Å². The van der Waals surface area contributed by atoms with Crippen LogP contribution >= 0.6 is 35.6 Å². The lowest BCUT2D eigenvalue weighted by Gasteiger charge is -2.09. The molecule has 0 radical (unpaired) electrons. The van der Waals surface area contributed by atoms with Crippen LogP contribution in [0.4, 0.5) is 0 Å². The number of aryl methyl sites for hydroxylation is 1. The molecule has 1 amide bonds. The van der Waals surface area contributed by atoms with Crippen LogP contribution in [0.5, 0.6) is 5.75 Å². The Morgan fingerprint density at radius 3 is 2.50 bits per heavy atom. The van der Waals surface area contributed by atoms with E-state index in [1.54, 1.807) is 30.0 Å². The van der Waals surface area contributed by atoms with Crippen LogP contribution in [0.25, 0.3) is 6.08 Å². The van der Waals surface area contributed by atoms with Crippen molar-refractivity contribution in [3.05, 3.63) is 33.2 Å². The third-order valence-corrected chi connectivity index (χ3v) is 4.43. The molecule has 8 heteroatoms. The quantitative estimate of drug-likeness (QED) is 0.647. The first-order valence-corrected chi connectivity index (χ1v) is 7.69. The predicted octanol–water partition coefficient (Wildman–Crippen LogP) is 2.99. The largest absolute Gasteiger partial charge is 0.506 e. The fourth-order valence-corrected chi connectivity index (χ4v) is 3.43. The molecular formula is C14H12ClNO4S2. The molecule has 0 bridgehead atoms. The van der Waals surface area contributed by atoms with E-state index in [9.17, 15) is 9.90 Å². The zero-order valence-electron chi connectivity index (χ0n) is 11.8. The Balaban J connectivity index is 0.000000745. The summed E-state index contributed by atoms with van der Waals surface area (Å²) in [5.74, 6) is -0.0146. The van der Waals surface area contributed by atoms with Crippen molar-refractivity contribution < 1.29 is 19.5 Å². The first-order chi connectivity index (χ1) is 10.3. The topological polar surface area (TPSA) is 74.7 Å². The summed E-state index contributed by atoms with van der Waals surface area (Å²) in [7, 11) is 0. The van der Waals surface area contributed by atoms with Crippen molar-refractivity contribution in [1.29, 1.82) is 0 Å². The molecule has 1 saturated heterocycles. The monoisotopic (exact) mass is 357 g/mol. The van der Waals surface area contributed by atoms with Crippen LogP contribution in [-0.2, 0) is 14.4 Å². The van der Waals surface area contributed by atoms with Crippen molar-refractivity contribution in [2.24, 2.45) is 0 Å². The Kier molecular flexibility index (Phi) is 6.77. The number of nitrogens with zero attached hydrogens (tertiary/aromatic N) is 1. The lowest BCUT2D eigenvalue weighted by atomic mass is 10.1. The lowest BCUT2D eigenvalue weighted by Crippen LogP contribution is -2.27. The fraction of sp³-hybridized carbons (Fsp3) is 0.214. The first kappa shape index (κ1) is 18.4. The number of phenols is 1. The van der Waals surface area contributed by atoms with Gasteiger partial charge in [0.1, 0.15) is 10.1 Å². The van der Waals surface area contributed by atoms with Gasteiger partial charge in [-0.05, 0) is 43.2 Å². The zero-order chi connectivity index (χ0) is 16.9. The van der Waals surface area contributed by atoms with Gasteiger partial charge in [-0.1, -0.05) is 35.6 Å². The highest BCUT2D eigenvalue weighted by molar-refractivity contribution is 8.26. The van der Waals surface area contributed by atoms with Gasteiger partial charge in [-0.25, -0.2) is 0 Å². The number of likely N-dealkylation sites (N-methyl/N-ethyl adjacent to an activating group) is 1. The minimum Gasteiger partial charge on any atom is -0.506 e. The molecular weight excluding hydrogens is 346 g/mol. The molecule has 1 aromatic carbocycles. The number of thioether (sulfide) groups is 1. The molecule has 1 aromatic rings. The van der Waals surface area contributed by atoms with Crippen LogP contribution in [0, 0.1) is 6.92 Å². The highest BCUT2D eigenvalue weighted by atomic mass is 35.5. The molecule has 1 aliphatic heterocycles. The van der Waals surface area contributed by atoms with Crippen molar-refractivity contribution in [2.45, 2.75) is 13.8 Å². The molecule has 0 aromatic heterocycles. The predicted molar refractivity (Wildman–Crippen MR) is 88.4 cm³/mol. The van der Waals surface area contributed by atoms with Gasteiger partial charge in [0.2, 0.25) is 0 Å². The number of aromatic hydroxyl groups is 1. The van der Waals surface area contributed by atoms with Crippen molar-refractivity contribution in [1.82, 2.24) is 4.90 Å². The number of rotatable bonds is 2. The van der Waals surface area contributed by atoms with Gasteiger partial charge in [0, 0.05) is 6.54 Å². The molecule has 1 heterocycles. The van der Waals surface area contributed by atoms with Crippen LogP contribution in [0.1, 0.15) is 18.1 Å². The SMILES string of the molecule is CCN1C(=O)/C(=C/c2cc(C)c(O)c(Cl)c2)SC1=S.O=C=O. The van der Waals surface area contributed by atoms with Gasteiger partial charge in [-0.3, -0.25) is 9.69 Å². The van der Waals surface area contributed by atoms with E-state index in [0.717, 1.165) is 5.56 Å².